The van der Waals surface area contributed by atoms with E-state index in [4.69, 9.17) is 11.6 Å². The molecule has 6 heteroatoms. The van der Waals surface area contributed by atoms with Gasteiger partial charge in [-0.3, -0.25) is 9.69 Å². The number of fused-ring (bicyclic) bond motifs is 1. The summed E-state index contributed by atoms with van der Waals surface area (Å²) >= 11 is 7.75. The Morgan fingerprint density at radius 3 is 3.13 bits per heavy atom. The lowest BCUT2D eigenvalue weighted by molar-refractivity contribution is 0.245. The molecule has 0 aliphatic carbocycles. The third-order valence-corrected chi connectivity index (χ3v) is 5.51. The number of aromatic nitrogens is 2. The lowest BCUT2D eigenvalue weighted by Crippen LogP contribution is -2.25. The molecule has 1 aromatic carbocycles. The van der Waals surface area contributed by atoms with Crippen molar-refractivity contribution in [2.75, 3.05) is 6.54 Å². The van der Waals surface area contributed by atoms with Gasteiger partial charge in [0.05, 0.1) is 17.4 Å². The van der Waals surface area contributed by atoms with Crippen LogP contribution in [0.3, 0.4) is 0 Å². The topological polar surface area (TPSA) is 49.0 Å². The fourth-order valence-electron chi connectivity index (χ4n) is 3.25. The Morgan fingerprint density at radius 2 is 2.30 bits per heavy atom. The first-order valence-corrected chi connectivity index (χ1v) is 8.92. The number of hydrogen-bond acceptors (Lipinski definition) is 4. The fourth-order valence-corrected chi connectivity index (χ4v) is 4.31. The van der Waals surface area contributed by atoms with E-state index in [2.05, 4.69) is 32.4 Å². The van der Waals surface area contributed by atoms with E-state index in [9.17, 15) is 4.79 Å². The van der Waals surface area contributed by atoms with Gasteiger partial charge in [0.2, 0.25) is 0 Å². The van der Waals surface area contributed by atoms with Gasteiger partial charge in [0.25, 0.3) is 5.56 Å². The number of hydrogen-bond donors (Lipinski definition) is 1. The molecule has 118 valence electrons. The van der Waals surface area contributed by atoms with Gasteiger partial charge in [0.1, 0.15) is 5.82 Å². The second kappa shape index (κ2) is 6.07. The van der Waals surface area contributed by atoms with Gasteiger partial charge in [-0.2, -0.15) is 0 Å². The Bertz CT molecular complexity index is 890. The van der Waals surface area contributed by atoms with E-state index in [1.807, 2.05) is 0 Å². The highest BCUT2D eigenvalue weighted by atomic mass is 35.5. The summed E-state index contributed by atoms with van der Waals surface area (Å²) in [5.41, 5.74) is 0.569. The van der Waals surface area contributed by atoms with Crippen LogP contribution in [0.2, 0.25) is 5.02 Å². The Labute approximate surface area is 142 Å². The quantitative estimate of drug-likeness (QED) is 0.781. The van der Waals surface area contributed by atoms with Crippen LogP contribution in [-0.4, -0.2) is 21.4 Å². The molecular weight excluding hydrogens is 330 g/mol. The van der Waals surface area contributed by atoms with Crippen molar-refractivity contribution in [2.45, 2.75) is 25.4 Å². The molecule has 1 N–H and O–H groups in total. The molecule has 0 bridgehead atoms. The van der Waals surface area contributed by atoms with Crippen LogP contribution in [0.25, 0.3) is 10.9 Å². The molecule has 0 radical (unpaired) electrons. The molecule has 1 fully saturated rings. The molecule has 23 heavy (non-hydrogen) atoms. The first-order chi connectivity index (χ1) is 11.2. The summed E-state index contributed by atoms with van der Waals surface area (Å²) in [5.74, 6) is 0.716. The average Bonchev–Trinajstić information content (AvgIpc) is 3.19. The molecular formula is C17H16ClN3OS. The molecule has 1 aliphatic rings. The molecule has 0 unspecified atom stereocenters. The number of thiophene rings is 1. The van der Waals surface area contributed by atoms with Gasteiger partial charge in [-0.25, -0.2) is 4.98 Å². The minimum Gasteiger partial charge on any atom is -0.309 e. The molecule has 0 saturated carbocycles. The lowest BCUT2D eigenvalue weighted by atomic mass is 10.2. The van der Waals surface area contributed by atoms with Crippen LogP contribution in [0.15, 0.2) is 40.5 Å². The molecule has 1 aliphatic heterocycles. The zero-order chi connectivity index (χ0) is 15.8. The molecule has 1 atom stereocenters. The number of nitrogens with one attached hydrogen (secondary N) is 1. The van der Waals surface area contributed by atoms with Crippen LogP contribution in [0, 0.1) is 0 Å². The SMILES string of the molecule is O=c1[nH]c(CN2CCC[C@H]2c2cccs2)nc2ccc(Cl)cc12. The van der Waals surface area contributed by atoms with Crippen LogP contribution in [0.1, 0.15) is 29.6 Å². The highest BCUT2D eigenvalue weighted by Gasteiger charge is 2.27. The number of H-pyrrole nitrogens is 1. The number of halogens is 1. The van der Waals surface area contributed by atoms with Gasteiger partial charge in [-0.05, 0) is 49.0 Å². The minimum atomic E-state index is -0.126. The average molecular weight is 346 g/mol. The lowest BCUT2D eigenvalue weighted by Gasteiger charge is -2.22. The molecule has 2 aromatic heterocycles. The van der Waals surface area contributed by atoms with Crippen molar-refractivity contribution < 1.29 is 0 Å². The van der Waals surface area contributed by atoms with Crippen molar-refractivity contribution in [3.8, 4) is 0 Å². The monoisotopic (exact) mass is 345 g/mol. The summed E-state index contributed by atoms with van der Waals surface area (Å²) in [7, 11) is 0. The largest absolute Gasteiger partial charge is 0.309 e. The maximum Gasteiger partial charge on any atom is 0.258 e. The maximum atomic E-state index is 12.3. The van der Waals surface area contributed by atoms with Crippen molar-refractivity contribution >= 4 is 33.8 Å². The van der Waals surface area contributed by atoms with E-state index >= 15 is 0 Å². The van der Waals surface area contributed by atoms with Crippen molar-refractivity contribution in [3.05, 3.63) is 61.8 Å². The van der Waals surface area contributed by atoms with Crippen molar-refractivity contribution in [1.29, 1.82) is 0 Å². The Balaban J connectivity index is 1.65. The van der Waals surface area contributed by atoms with Gasteiger partial charge in [0.15, 0.2) is 0 Å². The van der Waals surface area contributed by atoms with E-state index in [0.29, 0.717) is 34.3 Å². The van der Waals surface area contributed by atoms with Crippen LogP contribution >= 0.6 is 22.9 Å². The minimum absolute atomic E-state index is 0.126. The summed E-state index contributed by atoms with van der Waals surface area (Å²) < 4.78 is 0. The number of rotatable bonds is 3. The molecule has 3 aromatic rings. The second-order valence-corrected chi connectivity index (χ2v) is 7.23. The van der Waals surface area contributed by atoms with Gasteiger partial charge in [-0.1, -0.05) is 17.7 Å². The standard InChI is InChI=1S/C17H16ClN3OS/c18-11-5-6-13-12(9-11)17(22)20-16(19-13)10-21-7-1-3-14(21)15-4-2-8-23-15/h2,4-6,8-9,14H,1,3,7,10H2,(H,19,20,22)/t14-/m0/s1. The highest BCUT2D eigenvalue weighted by molar-refractivity contribution is 7.10. The van der Waals surface area contributed by atoms with Gasteiger partial charge >= 0.3 is 0 Å². The van der Waals surface area contributed by atoms with E-state index in [-0.39, 0.29) is 5.56 Å². The summed E-state index contributed by atoms with van der Waals surface area (Å²) in [6.45, 7) is 1.70. The van der Waals surface area contributed by atoms with Crippen molar-refractivity contribution in [3.63, 3.8) is 0 Å². The van der Waals surface area contributed by atoms with Crippen LogP contribution in [-0.2, 0) is 6.54 Å². The van der Waals surface area contributed by atoms with Crippen LogP contribution < -0.4 is 5.56 Å². The summed E-state index contributed by atoms with van der Waals surface area (Å²) in [5, 5.41) is 3.21. The predicted octanol–water partition coefficient (Wildman–Crippen LogP) is 3.98. The zero-order valence-electron chi connectivity index (χ0n) is 12.5. The van der Waals surface area contributed by atoms with E-state index in [1.165, 1.54) is 11.3 Å². The number of nitrogens with zero attached hydrogens (tertiary/aromatic N) is 2. The fraction of sp³-hybridized carbons (Fsp3) is 0.294. The Hall–Kier alpha value is -1.69. The maximum absolute atomic E-state index is 12.3. The van der Waals surface area contributed by atoms with Gasteiger partial charge in [0, 0.05) is 15.9 Å². The third kappa shape index (κ3) is 2.92. The summed E-state index contributed by atoms with van der Waals surface area (Å²) in [4.78, 5) is 23.6. The van der Waals surface area contributed by atoms with E-state index < -0.39 is 0 Å². The number of benzene rings is 1. The summed E-state index contributed by atoms with van der Waals surface area (Å²) in [6.07, 6.45) is 2.34. The van der Waals surface area contributed by atoms with Crippen molar-refractivity contribution in [1.82, 2.24) is 14.9 Å². The summed E-state index contributed by atoms with van der Waals surface area (Å²) in [6, 6.07) is 9.95. The molecule has 0 spiro atoms. The van der Waals surface area contributed by atoms with E-state index in [1.54, 1.807) is 29.5 Å². The smallest absolute Gasteiger partial charge is 0.258 e. The van der Waals surface area contributed by atoms with Gasteiger partial charge in [-0.15, -0.1) is 11.3 Å². The normalized spacial score (nSPS) is 18.7. The highest BCUT2D eigenvalue weighted by Crippen LogP contribution is 2.35. The first kappa shape index (κ1) is 14.9. The van der Waals surface area contributed by atoms with E-state index in [0.717, 1.165) is 13.0 Å². The molecule has 1 saturated heterocycles. The molecule has 0 amide bonds. The third-order valence-electron chi connectivity index (χ3n) is 4.30. The predicted molar refractivity (Wildman–Crippen MR) is 94.1 cm³/mol. The number of aromatic amines is 1. The zero-order valence-corrected chi connectivity index (χ0v) is 14.0. The van der Waals surface area contributed by atoms with Crippen LogP contribution in [0.4, 0.5) is 0 Å². The molecule has 4 rings (SSSR count). The second-order valence-electron chi connectivity index (χ2n) is 5.82. The Kier molecular flexibility index (Phi) is 3.93. The van der Waals surface area contributed by atoms with Crippen LogP contribution in [0.5, 0.6) is 0 Å². The van der Waals surface area contributed by atoms with Crippen molar-refractivity contribution in [2.24, 2.45) is 0 Å². The first-order valence-electron chi connectivity index (χ1n) is 7.66. The Morgan fingerprint density at radius 1 is 1.39 bits per heavy atom. The number of likely N-dealkylation sites (tertiary alicyclic amines) is 1. The molecule has 4 nitrogen and oxygen atoms in total. The molecule has 3 heterocycles. The van der Waals surface area contributed by atoms with Gasteiger partial charge < -0.3 is 4.98 Å².